The molecule has 1 heterocycles. The smallest absolute Gasteiger partial charge is 0.423 e. The molecule has 17 heavy (non-hydrogen) atoms. The highest BCUT2D eigenvalue weighted by atomic mass is 19.1. The zero-order valence-corrected chi connectivity index (χ0v) is 10.3. The van der Waals surface area contributed by atoms with E-state index in [2.05, 4.69) is 9.97 Å². The van der Waals surface area contributed by atoms with Crippen molar-refractivity contribution < 1.29 is 19.2 Å². The molecule has 0 spiro atoms. The molecular weight excluding hydrogens is 226 g/mol. The van der Waals surface area contributed by atoms with Crippen molar-refractivity contribution in [2.75, 3.05) is 0 Å². The predicted molar refractivity (Wildman–Crippen MR) is 61.1 cm³/mol. The van der Waals surface area contributed by atoms with Crippen molar-refractivity contribution in [1.29, 1.82) is 0 Å². The number of halogens is 1. The van der Waals surface area contributed by atoms with Gasteiger partial charge in [0, 0.05) is 17.9 Å². The summed E-state index contributed by atoms with van der Waals surface area (Å²) in [7, 11) is -1.32. The lowest BCUT2D eigenvalue weighted by atomic mass is 9.78. The number of rotatable bonds is 4. The first-order chi connectivity index (χ1) is 7.63. The molecular formula is C10H16BFN2O3. The Balaban J connectivity index is 2.79. The molecule has 0 aliphatic rings. The van der Waals surface area contributed by atoms with Crippen LogP contribution in [0.3, 0.4) is 0 Å². The Hall–Kier alpha value is -1.05. The molecule has 1 aromatic rings. The maximum Gasteiger partial charge on any atom is 0.494 e. The van der Waals surface area contributed by atoms with Crippen LogP contribution in [0.2, 0.25) is 0 Å². The van der Waals surface area contributed by atoms with E-state index in [0.29, 0.717) is 0 Å². The van der Waals surface area contributed by atoms with Gasteiger partial charge in [0.2, 0.25) is 0 Å². The first-order valence-corrected chi connectivity index (χ1v) is 5.19. The van der Waals surface area contributed by atoms with E-state index >= 15 is 0 Å². The summed E-state index contributed by atoms with van der Waals surface area (Å²) >= 11 is 0. The molecule has 0 saturated heterocycles. The number of nitrogens with zero attached hydrogens (tertiary/aromatic N) is 2. The zero-order chi connectivity index (χ0) is 13.3. The topological polar surface area (TPSA) is 75.5 Å². The minimum absolute atomic E-state index is 0.226. The third-order valence-electron chi connectivity index (χ3n) is 2.81. The quantitative estimate of drug-likeness (QED) is 0.568. The van der Waals surface area contributed by atoms with Gasteiger partial charge in [0.15, 0.2) is 0 Å². The Morgan fingerprint density at radius 3 is 2.12 bits per heavy atom. The summed E-state index contributed by atoms with van der Waals surface area (Å²) < 4.78 is 17.8. The van der Waals surface area contributed by atoms with Crippen LogP contribution in [-0.4, -0.2) is 38.4 Å². The molecule has 0 amide bonds. The number of aromatic nitrogens is 2. The van der Waals surface area contributed by atoms with Gasteiger partial charge in [0.1, 0.15) is 0 Å². The van der Waals surface area contributed by atoms with Gasteiger partial charge in [-0.2, -0.15) is 4.39 Å². The molecule has 0 aliphatic carbocycles. The van der Waals surface area contributed by atoms with E-state index in [1.807, 2.05) is 0 Å². The van der Waals surface area contributed by atoms with Gasteiger partial charge in [-0.15, -0.1) is 0 Å². The zero-order valence-electron chi connectivity index (χ0n) is 10.3. The second-order valence-electron chi connectivity index (χ2n) is 4.82. The van der Waals surface area contributed by atoms with Crippen LogP contribution >= 0.6 is 0 Å². The van der Waals surface area contributed by atoms with E-state index in [4.69, 9.17) is 4.65 Å². The molecule has 94 valence electrons. The summed E-state index contributed by atoms with van der Waals surface area (Å²) in [5.74, 6) is 0. The maximum atomic E-state index is 12.5. The average molecular weight is 242 g/mol. The van der Waals surface area contributed by atoms with Crippen LogP contribution in [0.4, 0.5) is 4.39 Å². The van der Waals surface area contributed by atoms with E-state index in [0.717, 1.165) is 12.4 Å². The number of hydrogen-bond acceptors (Lipinski definition) is 5. The van der Waals surface area contributed by atoms with Crippen molar-refractivity contribution >= 4 is 12.6 Å². The highest BCUT2D eigenvalue weighted by Crippen LogP contribution is 2.25. The van der Waals surface area contributed by atoms with Crippen LogP contribution in [0.1, 0.15) is 27.7 Å². The van der Waals surface area contributed by atoms with Gasteiger partial charge in [0.05, 0.1) is 11.2 Å². The fraction of sp³-hybridized carbons (Fsp3) is 0.600. The molecule has 0 bridgehead atoms. The van der Waals surface area contributed by atoms with Crippen LogP contribution in [0.25, 0.3) is 0 Å². The first-order valence-electron chi connectivity index (χ1n) is 5.19. The van der Waals surface area contributed by atoms with Crippen molar-refractivity contribution in [3.8, 4) is 0 Å². The molecule has 0 aliphatic heterocycles. The van der Waals surface area contributed by atoms with Gasteiger partial charge >= 0.3 is 13.2 Å². The Kier molecular flexibility index (Phi) is 3.86. The minimum atomic E-state index is -1.32. The normalized spacial score (nSPS) is 12.6. The second-order valence-corrected chi connectivity index (χ2v) is 4.82. The van der Waals surface area contributed by atoms with Crippen molar-refractivity contribution in [2.45, 2.75) is 38.9 Å². The highest BCUT2D eigenvalue weighted by Gasteiger charge is 2.39. The van der Waals surface area contributed by atoms with Gasteiger partial charge in [-0.05, 0) is 27.7 Å². The summed E-state index contributed by atoms with van der Waals surface area (Å²) in [4.78, 5) is 6.62. The largest absolute Gasteiger partial charge is 0.494 e. The third kappa shape index (κ3) is 3.45. The summed E-state index contributed by atoms with van der Waals surface area (Å²) in [5, 5.41) is 19.6. The van der Waals surface area contributed by atoms with Gasteiger partial charge in [-0.25, -0.2) is 9.97 Å². The molecule has 2 N–H and O–H groups in total. The van der Waals surface area contributed by atoms with Crippen LogP contribution in [-0.2, 0) is 4.65 Å². The molecule has 1 rings (SSSR count). The lowest BCUT2D eigenvalue weighted by Crippen LogP contribution is -2.53. The van der Waals surface area contributed by atoms with Crippen LogP contribution in [0.5, 0.6) is 0 Å². The van der Waals surface area contributed by atoms with Gasteiger partial charge < -0.3 is 14.8 Å². The Morgan fingerprint density at radius 1 is 1.24 bits per heavy atom. The Labute approximate surface area is 99.8 Å². The summed E-state index contributed by atoms with van der Waals surface area (Å²) in [6.45, 7) is 6.42. The molecule has 0 atom stereocenters. The van der Waals surface area contributed by atoms with E-state index in [1.165, 1.54) is 0 Å². The van der Waals surface area contributed by atoms with E-state index in [-0.39, 0.29) is 5.46 Å². The summed E-state index contributed by atoms with van der Waals surface area (Å²) in [6, 6.07) is 0. The van der Waals surface area contributed by atoms with Gasteiger partial charge in [0.25, 0.3) is 0 Å². The second kappa shape index (κ2) is 4.68. The molecule has 0 saturated carbocycles. The summed E-state index contributed by atoms with van der Waals surface area (Å²) in [6.07, 6.45) is 1.39. The molecule has 7 heteroatoms. The van der Waals surface area contributed by atoms with Gasteiger partial charge in [-0.1, -0.05) is 0 Å². The molecule has 1 aromatic heterocycles. The predicted octanol–water partition coefficient (Wildman–Crippen LogP) is -0.131. The molecule has 0 radical (unpaired) electrons. The minimum Gasteiger partial charge on any atom is -0.423 e. The SMILES string of the molecule is CC(C)(O)C(C)(C)OB(O)c1cnc(F)nc1. The van der Waals surface area contributed by atoms with Crippen molar-refractivity contribution in [3.05, 3.63) is 18.5 Å². The fourth-order valence-corrected chi connectivity index (χ4v) is 0.941. The summed E-state index contributed by atoms with van der Waals surface area (Å²) in [5.41, 5.74) is -1.90. The fourth-order valence-electron chi connectivity index (χ4n) is 0.941. The molecule has 5 nitrogen and oxygen atoms in total. The molecule has 0 fully saturated rings. The van der Waals surface area contributed by atoms with Crippen molar-refractivity contribution in [3.63, 3.8) is 0 Å². The third-order valence-corrected chi connectivity index (χ3v) is 2.81. The number of aliphatic hydroxyl groups is 1. The van der Waals surface area contributed by atoms with E-state index < -0.39 is 24.4 Å². The Morgan fingerprint density at radius 2 is 1.71 bits per heavy atom. The number of hydrogen-bond donors (Lipinski definition) is 2. The molecule has 0 aromatic carbocycles. The van der Waals surface area contributed by atoms with Crippen molar-refractivity contribution in [1.82, 2.24) is 9.97 Å². The van der Waals surface area contributed by atoms with E-state index in [1.54, 1.807) is 27.7 Å². The standard InChI is InChI=1S/C10H16BFN2O3/c1-9(2,15)10(3,4)17-11(16)7-5-13-8(12)14-6-7/h5-6,15-16H,1-4H3. The maximum absolute atomic E-state index is 12.5. The monoisotopic (exact) mass is 242 g/mol. The first kappa shape index (κ1) is 14.0. The lowest BCUT2D eigenvalue weighted by molar-refractivity contribution is -0.0982. The van der Waals surface area contributed by atoms with Gasteiger partial charge in [-0.3, -0.25) is 0 Å². The van der Waals surface area contributed by atoms with Crippen LogP contribution < -0.4 is 5.46 Å². The Bertz CT molecular complexity index is 378. The average Bonchev–Trinajstić information content (AvgIpc) is 2.16. The molecule has 0 unspecified atom stereocenters. The van der Waals surface area contributed by atoms with E-state index in [9.17, 15) is 14.5 Å². The lowest BCUT2D eigenvalue weighted by Gasteiger charge is -2.38. The van der Waals surface area contributed by atoms with Crippen LogP contribution in [0, 0.1) is 6.08 Å². The van der Waals surface area contributed by atoms with Crippen LogP contribution in [0.15, 0.2) is 12.4 Å². The van der Waals surface area contributed by atoms with Crippen molar-refractivity contribution in [2.24, 2.45) is 0 Å². The highest BCUT2D eigenvalue weighted by molar-refractivity contribution is 6.59.